The Labute approximate surface area is 192 Å². The van der Waals surface area contributed by atoms with Crippen LogP contribution in [0.1, 0.15) is 90.9 Å². The van der Waals surface area contributed by atoms with Gasteiger partial charge in [-0.05, 0) is 12.8 Å². The van der Waals surface area contributed by atoms with Gasteiger partial charge in [0.05, 0.1) is 0 Å². The molecule has 0 atom stereocenters. The van der Waals surface area contributed by atoms with Crippen LogP contribution < -0.4 is 10.2 Å². The first-order valence-corrected chi connectivity index (χ1v) is 12.2. The van der Waals surface area contributed by atoms with Crippen LogP contribution in [0, 0.1) is 13.8 Å². The zero-order valence-electron chi connectivity index (χ0n) is 17.3. The van der Waals surface area contributed by atoms with Crippen LogP contribution in [0.2, 0.25) is 0 Å². The van der Waals surface area contributed by atoms with Gasteiger partial charge in [0.1, 0.15) is 0 Å². The molecule has 0 N–H and O–H groups in total. The molecule has 0 aromatic heterocycles. The van der Waals surface area contributed by atoms with Crippen LogP contribution in [0.3, 0.4) is 0 Å². The molecule has 0 bridgehead atoms. The molecule has 0 rings (SSSR count). The molecular formula is C20H38O4S2Sn. The van der Waals surface area contributed by atoms with Gasteiger partial charge in [-0.25, -0.2) is 0 Å². The van der Waals surface area contributed by atoms with Crippen molar-refractivity contribution in [3.05, 3.63) is 13.8 Å². The summed E-state index contributed by atoms with van der Waals surface area (Å²) in [6.45, 7) is 12.0. The van der Waals surface area contributed by atoms with Gasteiger partial charge in [-0.15, -0.1) is 0 Å². The van der Waals surface area contributed by atoms with E-state index in [2.05, 4.69) is 27.7 Å². The van der Waals surface area contributed by atoms with Crippen LogP contribution in [0.4, 0.5) is 0 Å². The third kappa shape index (κ3) is 51.9. The summed E-state index contributed by atoms with van der Waals surface area (Å²) in [6.07, 6.45) is 13.0. The number of hydrogen-bond acceptors (Lipinski definition) is 6. The van der Waals surface area contributed by atoms with Crippen molar-refractivity contribution < 1.29 is 19.8 Å². The molecule has 0 aliphatic rings. The van der Waals surface area contributed by atoms with Gasteiger partial charge >= 0.3 is 23.9 Å². The average Bonchev–Trinajstić information content (AvgIpc) is 2.60. The van der Waals surface area contributed by atoms with Gasteiger partial charge in [-0.1, -0.05) is 113 Å². The van der Waals surface area contributed by atoms with E-state index in [1.54, 1.807) is 0 Å². The molecule has 0 fully saturated rings. The molecule has 0 spiro atoms. The summed E-state index contributed by atoms with van der Waals surface area (Å²) >= 11 is 0. The molecule has 0 unspecified atom stereocenters. The van der Waals surface area contributed by atoms with E-state index in [9.17, 15) is 19.8 Å². The van der Waals surface area contributed by atoms with E-state index in [0.717, 1.165) is 12.8 Å². The second-order valence-electron chi connectivity index (χ2n) is 5.72. The van der Waals surface area contributed by atoms with Gasteiger partial charge in [-0.3, -0.25) is 0 Å². The Kier molecular flexibility index (Phi) is 43.9. The average molecular weight is 525 g/mol. The molecule has 0 aromatic carbocycles. The summed E-state index contributed by atoms with van der Waals surface area (Å²) in [5, 5.41) is 19.8. The third-order valence-corrected chi connectivity index (χ3v) is 5.48. The Balaban J connectivity index is -0.000000153. The predicted molar refractivity (Wildman–Crippen MR) is 118 cm³/mol. The van der Waals surface area contributed by atoms with Crippen LogP contribution in [-0.4, -0.2) is 47.4 Å². The van der Waals surface area contributed by atoms with E-state index in [4.69, 9.17) is 0 Å². The minimum absolute atomic E-state index is 0. The third-order valence-electron chi connectivity index (χ3n) is 3.07. The van der Waals surface area contributed by atoms with Crippen LogP contribution in [-0.2, 0) is 9.59 Å². The maximum Gasteiger partial charge on any atom is 2.00 e. The molecule has 0 saturated carbocycles. The van der Waals surface area contributed by atoms with Gasteiger partial charge < -0.3 is 19.8 Å². The standard InChI is InChI=1S/2C7H15.C6H10O4S2.Sn/c2*1-3-5-7-6-4-2;7-5(8)1-3-11-12-4-2-6(9)10;/h2*1,3-7H2,2H3;1-4H2,(H,7,8)(H,9,10);/q;;;+2/p-2. The molecule has 0 amide bonds. The van der Waals surface area contributed by atoms with E-state index in [1.807, 2.05) is 0 Å². The Morgan fingerprint density at radius 3 is 1.26 bits per heavy atom. The van der Waals surface area contributed by atoms with Crippen molar-refractivity contribution >= 4 is 57.4 Å². The summed E-state index contributed by atoms with van der Waals surface area (Å²) in [6, 6.07) is 0. The normalized spacial score (nSPS) is 9.19. The van der Waals surface area contributed by atoms with Gasteiger partial charge in [0.25, 0.3) is 0 Å². The predicted octanol–water partition coefficient (Wildman–Crippen LogP) is 3.85. The number of rotatable bonds is 15. The van der Waals surface area contributed by atoms with Crippen molar-refractivity contribution in [3.8, 4) is 0 Å². The summed E-state index contributed by atoms with van der Waals surface area (Å²) in [4.78, 5) is 19.8. The zero-order valence-corrected chi connectivity index (χ0v) is 21.8. The van der Waals surface area contributed by atoms with Crippen LogP contribution in [0.5, 0.6) is 0 Å². The number of aliphatic carboxylic acids is 2. The Morgan fingerprint density at radius 1 is 0.704 bits per heavy atom. The van der Waals surface area contributed by atoms with Crippen molar-refractivity contribution in [2.24, 2.45) is 0 Å². The van der Waals surface area contributed by atoms with Crippen molar-refractivity contribution in [2.45, 2.75) is 90.9 Å². The zero-order chi connectivity index (χ0) is 20.5. The second kappa shape index (κ2) is 34.0. The smallest absolute Gasteiger partial charge is 0.550 e. The number of hydrogen-bond donors (Lipinski definition) is 0. The molecule has 0 saturated heterocycles. The van der Waals surface area contributed by atoms with Gasteiger partial charge in [0, 0.05) is 23.4 Å². The van der Waals surface area contributed by atoms with Crippen molar-refractivity contribution in [1.29, 1.82) is 0 Å². The van der Waals surface area contributed by atoms with E-state index in [-0.39, 0.29) is 36.7 Å². The topological polar surface area (TPSA) is 80.3 Å². The molecule has 4 radical (unpaired) electrons. The quantitative estimate of drug-likeness (QED) is 0.184. The summed E-state index contributed by atoms with van der Waals surface area (Å²) in [7, 11) is 2.66. The number of carbonyl (C=O) groups is 2. The minimum atomic E-state index is -1.08. The maximum atomic E-state index is 9.90. The number of unbranched alkanes of at least 4 members (excludes halogenated alkanes) is 8. The van der Waals surface area contributed by atoms with E-state index in [1.165, 1.54) is 73.0 Å². The Morgan fingerprint density at radius 2 is 1.04 bits per heavy atom. The molecule has 158 valence electrons. The summed E-state index contributed by atoms with van der Waals surface area (Å²) in [5.74, 6) is -1.27. The number of carbonyl (C=O) groups excluding carboxylic acids is 2. The molecule has 0 heterocycles. The first kappa shape index (κ1) is 34.9. The Bertz CT molecular complexity index is 257. The molecule has 0 aliphatic carbocycles. The van der Waals surface area contributed by atoms with Crippen LogP contribution in [0.25, 0.3) is 0 Å². The Hall–Kier alpha value is 0.439. The largest absolute Gasteiger partial charge is 2.00 e. The fourth-order valence-corrected chi connectivity index (χ4v) is 3.52. The monoisotopic (exact) mass is 526 g/mol. The molecule has 0 aromatic rings. The first-order valence-electron chi connectivity index (χ1n) is 9.68. The van der Waals surface area contributed by atoms with Gasteiger partial charge in [0.2, 0.25) is 0 Å². The second-order valence-corrected chi connectivity index (χ2v) is 8.42. The summed E-state index contributed by atoms with van der Waals surface area (Å²) in [5.41, 5.74) is 0. The van der Waals surface area contributed by atoms with Crippen molar-refractivity contribution in [3.63, 3.8) is 0 Å². The van der Waals surface area contributed by atoms with E-state index < -0.39 is 11.9 Å². The summed E-state index contributed by atoms with van der Waals surface area (Å²) < 4.78 is 0. The molecule has 4 nitrogen and oxygen atoms in total. The maximum absolute atomic E-state index is 9.90. The SMILES string of the molecule is O=C([O-])CCSSCCC(=O)[O-].[CH2]CCCCCC.[CH2]CCCCCC.[Sn+2]. The molecule has 0 aliphatic heterocycles. The first-order chi connectivity index (χ1) is 12.5. The van der Waals surface area contributed by atoms with E-state index >= 15 is 0 Å². The molecular weight excluding hydrogens is 487 g/mol. The molecule has 7 heteroatoms. The molecule has 27 heavy (non-hydrogen) atoms. The fraction of sp³-hybridized carbons (Fsp3) is 0.800. The van der Waals surface area contributed by atoms with Crippen LogP contribution >= 0.6 is 21.6 Å². The van der Waals surface area contributed by atoms with Gasteiger partial charge in [0.15, 0.2) is 0 Å². The van der Waals surface area contributed by atoms with E-state index in [0.29, 0.717) is 11.5 Å². The minimum Gasteiger partial charge on any atom is -0.550 e. The number of carboxylic acids is 2. The van der Waals surface area contributed by atoms with Crippen molar-refractivity contribution in [1.82, 2.24) is 0 Å². The fourth-order valence-electron chi connectivity index (χ4n) is 1.57. The van der Waals surface area contributed by atoms with Gasteiger partial charge in [-0.2, -0.15) is 0 Å². The number of carboxylic acid groups (broad SMARTS) is 2. The van der Waals surface area contributed by atoms with Crippen molar-refractivity contribution in [2.75, 3.05) is 11.5 Å². The van der Waals surface area contributed by atoms with Crippen LogP contribution in [0.15, 0.2) is 0 Å².